The largest absolute Gasteiger partial charge is 0.326 e. The maximum absolute atomic E-state index is 12.9. The Labute approximate surface area is 124 Å². The first kappa shape index (κ1) is 14.2. The highest BCUT2D eigenvalue weighted by atomic mass is 32.2. The molecule has 2 aromatic rings. The van der Waals surface area contributed by atoms with Gasteiger partial charge in [-0.25, -0.2) is 8.42 Å². The normalized spacial score (nSPS) is 20.0. The molecule has 0 saturated carbocycles. The van der Waals surface area contributed by atoms with E-state index in [9.17, 15) is 8.42 Å². The minimum Gasteiger partial charge on any atom is -0.326 e. The standard InChI is InChI=1S/C15H17N3O2S/c1-2-11-8-17-9-12-4-3-5-14(15(11)12)21(19,20)18-7-6-13(16)10-18/h2-5,8-9,13H,1,6-7,10,16H2/t13-/m1/s1. The molecule has 1 fully saturated rings. The van der Waals surface area contributed by atoms with Crippen LogP contribution in [0.25, 0.3) is 16.8 Å². The van der Waals surface area contributed by atoms with Gasteiger partial charge in [-0.15, -0.1) is 0 Å². The number of benzene rings is 1. The molecule has 21 heavy (non-hydrogen) atoms. The van der Waals surface area contributed by atoms with Crippen molar-refractivity contribution in [3.05, 3.63) is 42.7 Å². The summed E-state index contributed by atoms with van der Waals surface area (Å²) in [6.07, 6.45) is 5.62. The summed E-state index contributed by atoms with van der Waals surface area (Å²) in [7, 11) is -3.55. The Hall–Kier alpha value is -1.76. The smallest absolute Gasteiger partial charge is 0.243 e. The molecule has 110 valence electrons. The van der Waals surface area contributed by atoms with E-state index in [0.717, 1.165) is 10.9 Å². The van der Waals surface area contributed by atoms with Crippen LogP contribution in [0.4, 0.5) is 0 Å². The van der Waals surface area contributed by atoms with E-state index in [-0.39, 0.29) is 6.04 Å². The Bertz CT molecular complexity index is 796. The lowest BCUT2D eigenvalue weighted by Crippen LogP contribution is -2.32. The zero-order valence-electron chi connectivity index (χ0n) is 11.6. The average molecular weight is 303 g/mol. The summed E-state index contributed by atoms with van der Waals surface area (Å²) < 4.78 is 27.2. The average Bonchev–Trinajstić information content (AvgIpc) is 2.93. The van der Waals surface area contributed by atoms with Crippen LogP contribution in [0.3, 0.4) is 0 Å². The van der Waals surface area contributed by atoms with Gasteiger partial charge in [0.25, 0.3) is 0 Å². The van der Waals surface area contributed by atoms with E-state index in [1.54, 1.807) is 30.6 Å². The van der Waals surface area contributed by atoms with Crippen LogP contribution in [-0.4, -0.2) is 36.8 Å². The molecular weight excluding hydrogens is 286 g/mol. The highest BCUT2D eigenvalue weighted by Gasteiger charge is 2.32. The molecule has 0 spiro atoms. The molecule has 2 heterocycles. The fourth-order valence-corrected chi connectivity index (χ4v) is 4.46. The molecule has 1 aliphatic heterocycles. The third kappa shape index (κ3) is 2.35. The van der Waals surface area contributed by atoms with Crippen LogP contribution in [0, 0.1) is 0 Å². The van der Waals surface area contributed by atoms with Crippen molar-refractivity contribution in [2.45, 2.75) is 17.4 Å². The van der Waals surface area contributed by atoms with E-state index in [0.29, 0.717) is 29.8 Å². The lowest BCUT2D eigenvalue weighted by atomic mass is 10.1. The van der Waals surface area contributed by atoms with Crippen LogP contribution in [-0.2, 0) is 10.0 Å². The molecule has 1 aliphatic rings. The van der Waals surface area contributed by atoms with Gasteiger partial charge in [0, 0.05) is 47.9 Å². The van der Waals surface area contributed by atoms with E-state index in [2.05, 4.69) is 11.6 Å². The first-order valence-electron chi connectivity index (χ1n) is 6.79. The van der Waals surface area contributed by atoms with Crippen LogP contribution >= 0.6 is 0 Å². The maximum Gasteiger partial charge on any atom is 0.243 e. The molecule has 2 N–H and O–H groups in total. The van der Waals surface area contributed by atoms with Gasteiger partial charge in [-0.05, 0) is 12.5 Å². The summed E-state index contributed by atoms with van der Waals surface area (Å²) in [5.74, 6) is 0. The van der Waals surface area contributed by atoms with Crippen LogP contribution in [0.15, 0.2) is 42.1 Å². The Morgan fingerprint density at radius 3 is 2.86 bits per heavy atom. The van der Waals surface area contributed by atoms with Crippen molar-refractivity contribution in [1.29, 1.82) is 0 Å². The molecular formula is C15H17N3O2S. The number of nitrogens with two attached hydrogens (primary N) is 1. The summed E-state index contributed by atoms with van der Waals surface area (Å²) in [4.78, 5) is 4.41. The molecule has 1 aromatic heterocycles. The van der Waals surface area contributed by atoms with E-state index in [1.165, 1.54) is 4.31 Å². The molecule has 0 amide bonds. The van der Waals surface area contributed by atoms with E-state index < -0.39 is 10.0 Å². The van der Waals surface area contributed by atoms with Crippen LogP contribution in [0.2, 0.25) is 0 Å². The second kappa shape index (κ2) is 5.22. The Balaban J connectivity index is 2.23. The predicted octanol–water partition coefficient (Wildman–Crippen LogP) is 1.60. The second-order valence-electron chi connectivity index (χ2n) is 5.20. The number of rotatable bonds is 3. The number of fused-ring (bicyclic) bond motifs is 1. The molecule has 1 atom stereocenters. The van der Waals surface area contributed by atoms with Gasteiger partial charge in [-0.2, -0.15) is 4.31 Å². The molecule has 1 saturated heterocycles. The number of pyridine rings is 1. The molecule has 5 nitrogen and oxygen atoms in total. The van der Waals surface area contributed by atoms with Crippen molar-refractivity contribution in [3.63, 3.8) is 0 Å². The van der Waals surface area contributed by atoms with Crippen LogP contribution < -0.4 is 5.73 Å². The first-order valence-corrected chi connectivity index (χ1v) is 8.23. The van der Waals surface area contributed by atoms with Crippen molar-refractivity contribution in [2.75, 3.05) is 13.1 Å². The Morgan fingerprint density at radius 1 is 1.38 bits per heavy atom. The van der Waals surface area contributed by atoms with Crippen LogP contribution in [0.1, 0.15) is 12.0 Å². The zero-order valence-corrected chi connectivity index (χ0v) is 12.4. The van der Waals surface area contributed by atoms with Crippen molar-refractivity contribution in [1.82, 2.24) is 9.29 Å². The van der Waals surface area contributed by atoms with Gasteiger partial charge in [0.1, 0.15) is 0 Å². The fourth-order valence-electron chi connectivity index (χ4n) is 2.71. The zero-order chi connectivity index (χ0) is 15.0. The lowest BCUT2D eigenvalue weighted by Gasteiger charge is -2.18. The molecule has 6 heteroatoms. The van der Waals surface area contributed by atoms with E-state index in [4.69, 9.17) is 5.73 Å². The predicted molar refractivity (Wildman–Crippen MR) is 83.2 cm³/mol. The topological polar surface area (TPSA) is 76.3 Å². The van der Waals surface area contributed by atoms with Crippen molar-refractivity contribution in [3.8, 4) is 0 Å². The summed E-state index contributed by atoms with van der Waals surface area (Å²) in [5.41, 5.74) is 6.55. The van der Waals surface area contributed by atoms with Crippen molar-refractivity contribution < 1.29 is 8.42 Å². The number of sulfonamides is 1. The summed E-state index contributed by atoms with van der Waals surface area (Å²) >= 11 is 0. The van der Waals surface area contributed by atoms with Crippen molar-refractivity contribution >= 4 is 26.9 Å². The van der Waals surface area contributed by atoms with Crippen molar-refractivity contribution in [2.24, 2.45) is 5.73 Å². The van der Waals surface area contributed by atoms with Gasteiger partial charge in [-0.3, -0.25) is 4.98 Å². The number of nitrogens with zero attached hydrogens (tertiary/aromatic N) is 2. The molecule has 0 radical (unpaired) electrons. The third-order valence-electron chi connectivity index (χ3n) is 3.80. The van der Waals surface area contributed by atoms with Gasteiger partial charge in [0.15, 0.2) is 0 Å². The molecule has 3 rings (SSSR count). The van der Waals surface area contributed by atoms with Gasteiger partial charge >= 0.3 is 0 Å². The minimum atomic E-state index is -3.55. The summed E-state index contributed by atoms with van der Waals surface area (Å²) in [5, 5.41) is 1.46. The third-order valence-corrected chi connectivity index (χ3v) is 5.71. The monoisotopic (exact) mass is 303 g/mol. The highest BCUT2D eigenvalue weighted by Crippen LogP contribution is 2.30. The van der Waals surface area contributed by atoms with E-state index in [1.807, 2.05) is 6.07 Å². The maximum atomic E-state index is 12.9. The summed E-state index contributed by atoms with van der Waals surface area (Å²) in [6, 6.07) is 5.13. The van der Waals surface area contributed by atoms with Gasteiger partial charge in [0.05, 0.1) is 4.90 Å². The summed E-state index contributed by atoms with van der Waals surface area (Å²) in [6.45, 7) is 4.58. The fraction of sp³-hybridized carbons (Fsp3) is 0.267. The van der Waals surface area contributed by atoms with E-state index >= 15 is 0 Å². The first-order chi connectivity index (χ1) is 10.0. The molecule has 0 aliphatic carbocycles. The molecule has 0 unspecified atom stereocenters. The SMILES string of the molecule is C=Cc1cncc2cccc(S(=O)(=O)N3CC[C@@H](N)C3)c12. The highest BCUT2D eigenvalue weighted by molar-refractivity contribution is 7.89. The van der Waals surface area contributed by atoms with Crippen LogP contribution in [0.5, 0.6) is 0 Å². The van der Waals surface area contributed by atoms with Gasteiger partial charge in [0.2, 0.25) is 10.0 Å². The Kier molecular flexibility index (Phi) is 3.52. The Morgan fingerprint density at radius 2 is 2.19 bits per heavy atom. The molecule has 0 bridgehead atoms. The van der Waals surface area contributed by atoms with Gasteiger partial charge in [-0.1, -0.05) is 24.8 Å². The quantitative estimate of drug-likeness (QED) is 0.934. The second-order valence-corrected chi connectivity index (χ2v) is 7.11. The van der Waals surface area contributed by atoms with Gasteiger partial charge < -0.3 is 5.73 Å². The molecule has 1 aromatic carbocycles. The number of hydrogen-bond donors (Lipinski definition) is 1. The number of aromatic nitrogens is 1. The minimum absolute atomic E-state index is 0.0877. The lowest BCUT2D eigenvalue weighted by molar-refractivity contribution is 0.473. The number of hydrogen-bond acceptors (Lipinski definition) is 4.